The van der Waals surface area contributed by atoms with Crippen LogP contribution in [0.2, 0.25) is 0 Å². The number of aromatic nitrogens is 3. The molecule has 0 saturated carbocycles. The Kier molecular flexibility index (Phi) is 3.94. The summed E-state index contributed by atoms with van der Waals surface area (Å²) in [6.07, 6.45) is 3.52. The van der Waals surface area contributed by atoms with Gasteiger partial charge in [-0.05, 0) is 18.7 Å². The van der Waals surface area contributed by atoms with Gasteiger partial charge in [-0.2, -0.15) is 5.10 Å². The minimum Gasteiger partial charge on any atom is -0.481 e. The van der Waals surface area contributed by atoms with Crippen LogP contribution in [0.3, 0.4) is 0 Å². The standard InChI is InChI=1S/C13H18N4O/c1-4-14-12(11-7-9-16-17(11)2)10-6-5-8-15-13(10)18-3/h5-9,12,14H,4H2,1-3H3. The highest BCUT2D eigenvalue weighted by molar-refractivity contribution is 5.34. The highest BCUT2D eigenvalue weighted by Gasteiger charge is 2.20. The summed E-state index contributed by atoms with van der Waals surface area (Å²) >= 11 is 0. The Balaban J connectivity index is 2.45. The summed E-state index contributed by atoms with van der Waals surface area (Å²) < 4.78 is 7.19. The topological polar surface area (TPSA) is 52.0 Å². The molecule has 0 aromatic carbocycles. The monoisotopic (exact) mass is 246 g/mol. The van der Waals surface area contributed by atoms with Crippen LogP contribution in [0.1, 0.15) is 24.2 Å². The van der Waals surface area contributed by atoms with E-state index in [2.05, 4.69) is 22.3 Å². The van der Waals surface area contributed by atoms with Gasteiger partial charge in [-0.25, -0.2) is 4.98 Å². The molecule has 2 aromatic rings. The van der Waals surface area contributed by atoms with E-state index in [1.165, 1.54) is 0 Å². The molecule has 2 heterocycles. The second-order valence-corrected chi connectivity index (χ2v) is 3.97. The van der Waals surface area contributed by atoms with Crippen LogP contribution in [0.4, 0.5) is 0 Å². The zero-order valence-electron chi connectivity index (χ0n) is 10.9. The third-order valence-electron chi connectivity index (χ3n) is 2.87. The van der Waals surface area contributed by atoms with Crippen LogP contribution in [-0.4, -0.2) is 28.4 Å². The molecule has 0 aliphatic rings. The first-order valence-corrected chi connectivity index (χ1v) is 5.98. The van der Waals surface area contributed by atoms with Crippen molar-refractivity contribution in [2.75, 3.05) is 13.7 Å². The molecule has 0 radical (unpaired) electrons. The van der Waals surface area contributed by atoms with E-state index >= 15 is 0 Å². The van der Waals surface area contributed by atoms with Crippen LogP contribution in [0.25, 0.3) is 0 Å². The molecule has 18 heavy (non-hydrogen) atoms. The summed E-state index contributed by atoms with van der Waals surface area (Å²) in [6, 6.07) is 5.97. The van der Waals surface area contributed by atoms with Gasteiger partial charge in [0, 0.05) is 25.0 Å². The molecule has 2 rings (SSSR count). The van der Waals surface area contributed by atoms with Gasteiger partial charge < -0.3 is 10.1 Å². The fourth-order valence-electron chi connectivity index (χ4n) is 2.04. The molecular formula is C13H18N4O. The average molecular weight is 246 g/mol. The molecular weight excluding hydrogens is 228 g/mol. The molecule has 0 spiro atoms. The maximum atomic E-state index is 5.33. The lowest BCUT2D eigenvalue weighted by Gasteiger charge is -2.20. The molecule has 0 aliphatic carbocycles. The van der Waals surface area contributed by atoms with Gasteiger partial charge in [0.25, 0.3) is 0 Å². The first kappa shape index (κ1) is 12.6. The van der Waals surface area contributed by atoms with E-state index in [1.54, 1.807) is 19.5 Å². The molecule has 96 valence electrons. The van der Waals surface area contributed by atoms with Gasteiger partial charge >= 0.3 is 0 Å². The van der Waals surface area contributed by atoms with Crippen molar-refractivity contribution < 1.29 is 4.74 Å². The summed E-state index contributed by atoms with van der Waals surface area (Å²) in [5.74, 6) is 0.643. The molecule has 0 bridgehead atoms. The normalized spacial score (nSPS) is 12.4. The Bertz CT molecular complexity index is 509. The summed E-state index contributed by atoms with van der Waals surface area (Å²) in [5.41, 5.74) is 2.11. The largest absolute Gasteiger partial charge is 0.481 e. The number of rotatable bonds is 5. The van der Waals surface area contributed by atoms with E-state index in [4.69, 9.17) is 4.74 Å². The van der Waals surface area contributed by atoms with E-state index in [0.717, 1.165) is 17.8 Å². The summed E-state index contributed by atoms with van der Waals surface area (Å²) in [4.78, 5) is 4.25. The van der Waals surface area contributed by atoms with E-state index in [0.29, 0.717) is 5.88 Å². The molecule has 1 N–H and O–H groups in total. The smallest absolute Gasteiger partial charge is 0.218 e. The lowest BCUT2D eigenvalue weighted by molar-refractivity contribution is 0.386. The minimum absolute atomic E-state index is 0.0335. The molecule has 0 saturated heterocycles. The van der Waals surface area contributed by atoms with Gasteiger partial charge in [-0.1, -0.05) is 13.0 Å². The third-order valence-corrected chi connectivity index (χ3v) is 2.87. The lowest BCUT2D eigenvalue weighted by Crippen LogP contribution is -2.25. The van der Waals surface area contributed by atoms with Crippen LogP contribution in [0.5, 0.6) is 5.88 Å². The fraction of sp³-hybridized carbons (Fsp3) is 0.385. The van der Waals surface area contributed by atoms with E-state index < -0.39 is 0 Å². The number of aryl methyl sites for hydroxylation is 1. The van der Waals surface area contributed by atoms with Gasteiger partial charge in [0.05, 0.1) is 18.8 Å². The predicted molar refractivity (Wildman–Crippen MR) is 69.5 cm³/mol. The van der Waals surface area contributed by atoms with Crippen molar-refractivity contribution in [2.45, 2.75) is 13.0 Å². The molecule has 5 nitrogen and oxygen atoms in total. The molecule has 1 unspecified atom stereocenters. The van der Waals surface area contributed by atoms with Crippen LogP contribution in [0.15, 0.2) is 30.6 Å². The van der Waals surface area contributed by atoms with Gasteiger partial charge in [0.15, 0.2) is 0 Å². The molecule has 0 fully saturated rings. The maximum absolute atomic E-state index is 5.33. The number of hydrogen-bond acceptors (Lipinski definition) is 4. The van der Waals surface area contributed by atoms with Gasteiger partial charge in [-0.15, -0.1) is 0 Å². The van der Waals surface area contributed by atoms with Crippen LogP contribution < -0.4 is 10.1 Å². The highest BCUT2D eigenvalue weighted by atomic mass is 16.5. The first-order valence-electron chi connectivity index (χ1n) is 5.98. The summed E-state index contributed by atoms with van der Waals surface area (Å²) in [7, 11) is 3.57. The third kappa shape index (κ3) is 2.36. The Morgan fingerprint density at radius 2 is 2.22 bits per heavy atom. The quantitative estimate of drug-likeness (QED) is 0.869. The van der Waals surface area contributed by atoms with E-state index in [1.807, 2.05) is 29.9 Å². The predicted octanol–water partition coefficient (Wildman–Crippen LogP) is 1.52. The van der Waals surface area contributed by atoms with Crippen molar-refractivity contribution >= 4 is 0 Å². The van der Waals surface area contributed by atoms with E-state index in [9.17, 15) is 0 Å². The van der Waals surface area contributed by atoms with Crippen molar-refractivity contribution in [3.63, 3.8) is 0 Å². The number of pyridine rings is 1. The van der Waals surface area contributed by atoms with Crippen LogP contribution in [0, 0.1) is 0 Å². The highest BCUT2D eigenvalue weighted by Crippen LogP contribution is 2.27. The molecule has 0 amide bonds. The van der Waals surface area contributed by atoms with Crippen LogP contribution >= 0.6 is 0 Å². The maximum Gasteiger partial charge on any atom is 0.218 e. The number of ether oxygens (including phenoxy) is 1. The van der Waals surface area contributed by atoms with Crippen molar-refractivity contribution in [3.8, 4) is 5.88 Å². The molecule has 1 atom stereocenters. The summed E-state index contributed by atoms with van der Waals surface area (Å²) in [6.45, 7) is 2.93. The first-order chi connectivity index (χ1) is 8.77. The van der Waals surface area contributed by atoms with Gasteiger partial charge in [0.1, 0.15) is 0 Å². The zero-order chi connectivity index (χ0) is 13.0. The SMILES string of the molecule is CCNC(c1cccnc1OC)c1ccnn1C. The Morgan fingerprint density at radius 3 is 2.83 bits per heavy atom. The average Bonchev–Trinajstić information content (AvgIpc) is 2.82. The van der Waals surface area contributed by atoms with Crippen molar-refractivity contribution in [1.82, 2.24) is 20.1 Å². The second-order valence-electron chi connectivity index (χ2n) is 3.97. The zero-order valence-corrected chi connectivity index (χ0v) is 10.9. The summed E-state index contributed by atoms with van der Waals surface area (Å²) in [5, 5.41) is 7.65. The Labute approximate surface area is 107 Å². The number of methoxy groups -OCH3 is 1. The minimum atomic E-state index is 0.0335. The molecule has 2 aromatic heterocycles. The molecule has 0 aliphatic heterocycles. The fourth-order valence-corrected chi connectivity index (χ4v) is 2.04. The van der Waals surface area contributed by atoms with Gasteiger partial charge in [0.2, 0.25) is 5.88 Å². The van der Waals surface area contributed by atoms with E-state index in [-0.39, 0.29) is 6.04 Å². The van der Waals surface area contributed by atoms with Crippen molar-refractivity contribution in [1.29, 1.82) is 0 Å². The number of nitrogens with one attached hydrogen (secondary N) is 1. The number of nitrogens with zero attached hydrogens (tertiary/aromatic N) is 3. The Hall–Kier alpha value is -1.88. The van der Waals surface area contributed by atoms with Crippen molar-refractivity contribution in [3.05, 3.63) is 41.9 Å². The van der Waals surface area contributed by atoms with Gasteiger partial charge in [-0.3, -0.25) is 4.68 Å². The van der Waals surface area contributed by atoms with Crippen molar-refractivity contribution in [2.24, 2.45) is 7.05 Å². The van der Waals surface area contributed by atoms with Crippen LogP contribution in [-0.2, 0) is 7.05 Å². The second kappa shape index (κ2) is 5.64. The lowest BCUT2D eigenvalue weighted by atomic mass is 10.1. The Morgan fingerprint density at radius 1 is 1.39 bits per heavy atom. The number of hydrogen-bond donors (Lipinski definition) is 1. The molecule has 5 heteroatoms.